The molecule has 0 atom stereocenters. The van der Waals surface area contributed by atoms with Crippen LogP contribution in [0.5, 0.6) is 0 Å². The summed E-state index contributed by atoms with van der Waals surface area (Å²) >= 11 is 3.20. The zero-order valence-electron chi connectivity index (χ0n) is 10.2. The fourth-order valence-electron chi connectivity index (χ4n) is 1.53. The van der Waals surface area contributed by atoms with Gasteiger partial charge in [-0.1, -0.05) is 15.9 Å². The largest absolute Gasteiger partial charge is 0.370 e. The maximum atomic E-state index is 13.7. The first kappa shape index (κ1) is 13.5. The van der Waals surface area contributed by atoms with Crippen molar-refractivity contribution in [2.45, 2.75) is 6.92 Å². The van der Waals surface area contributed by atoms with Crippen molar-refractivity contribution < 1.29 is 4.39 Å². The number of hydrogen-bond acceptors (Lipinski definition) is 5. The lowest BCUT2D eigenvalue weighted by molar-refractivity contribution is 0.631. The minimum atomic E-state index is -0.378. The van der Waals surface area contributed by atoms with Crippen molar-refractivity contribution in [3.63, 3.8) is 0 Å². The number of nitrogens with two attached hydrogens (primary N) is 1. The summed E-state index contributed by atoms with van der Waals surface area (Å²) in [5, 5.41) is 5.90. The van der Waals surface area contributed by atoms with Gasteiger partial charge in [0, 0.05) is 17.1 Å². The van der Waals surface area contributed by atoms with Crippen LogP contribution in [-0.4, -0.2) is 16.5 Å². The van der Waals surface area contributed by atoms with Crippen LogP contribution >= 0.6 is 15.9 Å². The Hall–Kier alpha value is -1.89. The zero-order chi connectivity index (χ0) is 13.8. The van der Waals surface area contributed by atoms with Crippen LogP contribution < -0.4 is 16.4 Å². The van der Waals surface area contributed by atoms with Crippen LogP contribution in [0.2, 0.25) is 0 Å². The van der Waals surface area contributed by atoms with Gasteiger partial charge in [-0.2, -0.15) is 9.97 Å². The Kier molecular flexibility index (Phi) is 4.16. The Morgan fingerprint density at radius 3 is 2.68 bits per heavy atom. The van der Waals surface area contributed by atoms with E-state index in [2.05, 4.69) is 36.5 Å². The highest BCUT2D eigenvalue weighted by Crippen LogP contribution is 2.23. The van der Waals surface area contributed by atoms with Crippen molar-refractivity contribution in [3.05, 3.63) is 34.6 Å². The standard InChI is InChI=1S/C12H13BrFN5/c1-2-16-10-6-11(19-12(15)18-10)17-9-4-3-7(13)5-8(9)14/h3-6H,2H2,1H3,(H4,15,16,17,18,19). The van der Waals surface area contributed by atoms with E-state index in [0.717, 1.165) is 0 Å². The van der Waals surface area contributed by atoms with Gasteiger partial charge >= 0.3 is 0 Å². The van der Waals surface area contributed by atoms with Gasteiger partial charge in [-0.25, -0.2) is 4.39 Å². The molecule has 0 aliphatic rings. The average molecular weight is 326 g/mol. The smallest absolute Gasteiger partial charge is 0.223 e. The third-order valence-electron chi connectivity index (χ3n) is 2.30. The number of nitrogens with zero attached hydrogens (tertiary/aromatic N) is 2. The monoisotopic (exact) mass is 325 g/mol. The van der Waals surface area contributed by atoms with Crippen molar-refractivity contribution >= 4 is 39.2 Å². The maximum absolute atomic E-state index is 13.7. The van der Waals surface area contributed by atoms with E-state index in [1.54, 1.807) is 18.2 Å². The average Bonchev–Trinajstić information content (AvgIpc) is 2.32. The first-order valence-corrected chi connectivity index (χ1v) is 6.48. The van der Waals surface area contributed by atoms with Gasteiger partial charge in [0.1, 0.15) is 17.5 Å². The van der Waals surface area contributed by atoms with Gasteiger partial charge in [0.2, 0.25) is 5.95 Å². The van der Waals surface area contributed by atoms with Gasteiger partial charge in [-0.3, -0.25) is 0 Å². The van der Waals surface area contributed by atoms with Crippen molar-refractivity contribution in [1.82, 2.24) is 9.97 Å². The molecule has 19 heavy (non-hydrogen) atoms. The molecule has 7 heteroatoms. The number of hydrogen-bond donors (Lipinski definition) is 3. The molecule has 1 heterocycles. The second-order valence-corrected chi connectivity index (χ2v) is 4.69. The Balaban J connectivity index is 2.27. The minimum Gasteiger partial charge on any atom is -0.370 e. The molecule has 0 radical (unpaired) electrons. The lowest BCUT2D eigenvalue weighted by Crippen LogP contribution is -2.06. The molecule has 4 N–H and O–H groups in total. The number of aromatic nitrogens is 2. The van der Waals surface area contributed by atoms with Crippen molar-refractivity contribution in [2.75, 3.05) is 22.9 Å². The van der Waals surface area contributed by atoms with Gasteiger partial charge in [-0.05, 0) is 25.1 Å². The predicted octanol–water partition coefficient (Wildman–Crippen LogP) is 3.14. The molecule has 0 saturated heterocycles. The van der Waals surface area contributed by atoms with Gasteiger partial charge in [0.05, 0.1) is 5.69 Å². The summed E-state index contributed by atoms with van der Waals surface area (Å²) in [5.41, 5.74) is 5.92. The molecule has 100 valence electrons. The SMILES string of the molecule is CCNc1cc(Nc2ccc(Br)cc2F)nc(N)n1. The summed E-state index contributed by atoms with van der Waals surface area (Å²) < 4.78 is 14.4. The van der Waals surface area contributed by atoms with E-state index in [1.807, 2.05) is 6.92 Å². The summed E-state index contributed by atoms with van der Waals surface area (Å²) in [7, 11) is 0. The Bertz CT molecular complexity index is 590. The van der Waals surface area contributed by atoms with Crippen molar-refractivity contribution in [1.29, 1.82) is 0 Å². The highest BCUT2D eigenvalue weighted by atomic mass is 79.9. The van der Waals surface area contributed by atoms with E-state index in [0.29, 0.717) is 28.3 Å². The number of benzene rings is 1. The predicted molar refractivity (Wildman–Crippen MR) is 78.0 cm³/mol. The Labute approximate surface area is 118 Å². The van der Waals surface area contributed by atoms with Crippen LogP contribution in [0.3, 0.4) is 0 Å². The second-order valence-electron chi connectivity index (χ2n) is 3.78. The van der Waals surface area contributed by atoms with E-state index in [4.69, 9.17) is 5.73 Å². The minimum absolute atomic E-state index is 0.124. The summed E-state index contributed by atoms with van der Waals surface area (Å²) in [6.45, 7) is 2.66. The van der Waals surface area contributed by atoms with E-state index in [1.165, 1.54) is 6.07 Å². The number of rotatable bonds is 4. The van der Waals surface area contributed by atoms with E-state index in [9.17, 15) is 4.39 Å². The molecule has 0 fully saturated rings. The second kappa shape index (κ2) is 5.83. The molecule has 0 unspecified atom stereocenters. The first-order chi connectivity index (χ1) is 9.08. The van der Waals surface area contributed by atoms with Crippen molar-refractivity contribution in [2.24, 2.45) is 0 Å². The molecule has 0 amide bonds. The van der Waals surface area contributed by atoms with Gasteiger partial charge in [0.25, 0.3) is 0 Å². The Morgan fingerprint density at radius 1 is 1.26 bits per heavy atom. The third-order valence-corrected chi connectivity index (χ3v) is 2.79. The van der Waals surface area contributed by atoms with Crippen LogP contribution in [0.25, 0.3) is 0 Å². The lowest BCUT2D eigenvalue weighted by atomic mass is 10.3. The molecule has 1 aromatic carbocycles. The highest BCUT2D eigenvalue weighted by molar-refractivity contribution is 9.10. The van der Waals surface area contributed by atoms with Crippen molar-refractivity contribution in [3.8, 4) is 0 Å². The van der Waals surface area contributed by atoms with Crippen LogP contribution in [0, 0.1) is 5.82 Å². The molecule has 0 aliphatic heterocycles. The van der Waals surface area contributed by atoms with Crippen LogP contribution in [0.4, 0.5) is 27.7 Å². The van der Waals surface area contributed by atoms with E-state index >= 15 is 0 Å². The number of anilines is 4. The molecule has 0 aliphatic carbocycles. The number of nitrogen functional groups attached to an aromatic ring is 1. The fraction of sp³-hybridized carbons (Fsp3) is 0.167. The quantitative estimate of drug-likeness (QED) is 0.805. The highest BCUT2D eigenvalue weighted by Gasteiger charge is 2.06. The van der Waals surface area contributed by atoms with Crippen LogP contribution in [0.1, 0.15) is 6.92 Å². The van der Waals surface area contributed by atoms with Gasteiger partial charge in [0.15, 0.2) is 0 Å². The van der Waals surface area contributed by atoms with Crippen LogP contribution in [0.15, 0.2) is 28.7 Å². The topological polar surface area (TPSA) is 75.9 Å². The summed E-state index contributed by atoms with van der Waals surface area (Å²) in [5.74, 6) is 0.773. The van der Waals surface area contributed by atoms with Crippen LogP contribution in [-0.2, 0) is 0 Å². The third kappa shape index (κ3) is 3.54. The van der Waals surface area contributed by atoms with Gasteiger partial charge in [-0.15, -0.1) is 0 Å². The molecule has 0 bridgehead atoms. The number of nitrogens with one attached hydrogen (secondary N) is 2. The molecule has 2 aromatic rings. The van der Waals surface area contributed by atoms with E-state index < -0.39 is 0 Å². The first-order valence-electron chi connectivity index (χ1n) is 5.69. The molecule has 5 nitrogen and oxygen atoms in total. The molecule has 2 rings (SSSR count). The zero-order valence-corrected chi connectivity index (χ0v) is 11.8. The molecular formula is C12H13BrFN5. The molecule has 1 aromatic heterocycles. The molecule has 0 spiro atoms. The summed E-state index contributed by atoms with van der Waals surface area (Å²) in [6.07, 6.45) is 0. The summed E-state index contributed by atoms with van der Waals surface area (Å²) in [4.78, 5) is 8.03. The summed E-state index contributed by atoms with van der Waals surface area (Å²) in [6, 6.07) is 6.39. The van der Waals surface area contributed by atoms with Gasteiger partial charge < -0.3 is 16.4 Å². The molecular weight excluding hydrogens is 313 g/mol. The maximum Gasteiger partial charge on any atom is 0.223 e. The molecule has 0 saturated carbocycles. The fourth-order valence-corrected chi connectivity index (χ4v) is 1.86. The Morgan fingerprint density at radius 2 is 2.00 bits per heavy atom. The number of halogens is 2. The normalized spacial score (nSPS) is 10.3. The van der Waals surface area contributed by atoms with E-state index in [-0.39, 0.29) is 11.8 Å². The lowest BCUT2D eigenvalue weighted by Gasteiger charge is -2.09.